The van der Waals surface area contributed by atoms with Gasteiger partial charge in [-0.1, -0.05) is 26.0 Å². The van der Waals surface area contributed by atoms with E-state index < -0.39 is 0 Å². The summed E-state index contributed by atoms with van der Waals surface area (Å²) in [7, 11) is 1.69. The van der Waals surface area contributed by atoms with Crippen molar-refractivity contribution in [1.29, 1.82) is 0 Å². The van der Waals surface area contributed by atoms with Crippen LogP contribution in [0.25, 0.3) is 0 Å². The molecule has 1 fully saturated rings. The highest BCUT2D eigenvalue weighted by Crippen LogP contribution is 2.11. The lowest BCUT2D eigenvalue weighted by molar-refractivity contribution is -0.0303. The van der Waals surface area contributed by atoms with Gasteiger partial charge in [0, 0.05) is 32.7 Å². The van der Waals surface area contributed by atoms with Crippen LogP contribution in [0.2, 0.25) is 0 Å². The Balaban J connectivity index is 1.69. The molecule has 1 aromatic carbocycles. The molecule has 0 aromatic heterocycles. The molecule has 21 heavy (non-hydrogen) atoms. The number of nitrogens with one attached hydrogen (secondary N) is 1. The monoisotopic (exact) mass is 292 g/mol. The van der Waals surface area contributed by atoms with E-state index in [-0.39, 0.29) is 0 Å². The highest BCUT2D eigenvalue weighted by Gasteiger charge is 2.20. The third-order valence-corrected chi connectivity index (χ3v) is 3.71. The molecular formula is C17H28N2O2. The second kappa shape index (κ2) is 8.37. The number of rotatable bonds is 7. The minimum atomic E-state index is 0.302. The van der Waals surface area contributed by atoms with Crippen molar-refractivity contribution in [2.45, 2.75) is 26.5 Å². The summed E-state index contributed by atoms with van der Waals surface area (Å²) in [4.78, 5) is 2.51. The molecule has 1 atom stereocenters. The maximum atomic E-state index is 5.84. The lowest BCUT2D eigenvalue weighted by atomic mass is 10.1. The predicted molar refractivity (Wildman–Crippen MR) is 85.7 cm³/mol. The van der Waals surface area contributed by atoms with Gasteiger partial charge in [-0.25, -0.2) is 0 Å². The van der Waals surface area contributed by atoms with Crippen LogP contribution in [0.3, 0.4) is 0 Å². The van der Waals surface area contributed by atoms with Gasteiger partial charge < -0.3 is 14.8 Å². The quantitative estimate of drug-likeness (QED) is 0.835. The summed E-state index contributed by atoms with van der Waals surface area (Å²) < 4.78 is 11.0. The van der Waals surface area contributed by atoms with Gasteiger partial charge in [0.25, 0.3) is 0 Å². The predicted octanol–water partition coefficient (Wildman–Crippen LogP) is 2.14. The van der Waals surface area contributed by atoms with Crippen molar-refractivity contribution >= 4 is 0 Å². The Morgan fingerprint density at radius 2 is 2.10 bits per heavy atom. The molecule has 1 aliphatic heterocycles. The summed E-state index contributed by atoms with van der Waals surface area (Å²) in [5.41, 5.74) is 1.27. The molecular weight excluding hydrogens is 264 g/mol. The summed E-state index contributed by atoms with van der Waals surface area (Å²) in [6.45, 7) is 10.4. The van der Waals surface area contributed by atoms with E-state index in [9.17, 15) is 0 Å². The van der Waals surface area contributed by atoms with Crippen LogP contribution in [-0.2, 0) is 11.3 Å². The standard InChI is InChI=1S/C17H28N2O2/c1-14(2)12-19-8-9-21-17(13-19)11-18-10-15-4-6-16(20-3)7-5-15/h4-7,14,17-18H,8-13H2,1-3H3/t17-/m1/s1. The van der Waals surface area contributed by atoms with Crippen LogP contribution in [0.4, 0.5) is 0 Å². The zero-order valence-corrected chi connectivity index (χ0v) is 13.5. The third kappa shape index (κ3) is 5.65. The maximum Gasteiger partial charge on any atom is 0.118 e. The SMILES string of the molecule is COc1ccc(CNC[C@@H]2CN(CC(C)C)CCO2)cc1. The zero-order chi connectivity index (χ0) is 15.1. The van der Waals surface area contributed by atoms with Crippen LogP contribution in [0, 0.1) is 5.92 Å². The van der Waals surface area contributed by atoms with E-state index in [1.165, 1.54) is 12.1 Å². The molecule has 1 heterocycles. The summed E-state index contributed by atoms with van der Waals surface area (Å²) in [5.74, 6) is 1.62. The van der Waals surface area contributed by atoms with E-state index >= 15 is 0 Å². The molecule has 118 valence electrons. The molecule has 2 rings (SSSR count). The lowest BCUT2D eigenvalue weighted by Gasteiger charge is -2.34. The number of benzene rings is 1. The van der Waals surface area contributed by atoms with E-state index in [0.29, 0.717) is 6.10 Å². The number of ether oxygens (including phenoxy) is 2. The number of hydrogen-bond acceptors (Lipinski definition) is 4. The molecule has 1 N–H and O–H groups in total. The fourth-order valence-electron chi connectivity index (χ4n) is 2.71. The second-order valence-electron chi connectivity index (χ2n) is 6.13. The molecule has 0 aliphatic carbocycles. The zero-order valence-electron chi connectivity index (χ0n) is 13.5. The summed E-state index contributed by atoms with van der Waals surface area (Å²) in [6, 6.07) is 8.19. The lowest BCUT2D eigenvalue weighted by Crippen LogP contribution is -2.47. The van der Waals surface area contributed by atoms with Crippen molar-refractivity contribution in [2.75, 3.05) is 39.9 Å². The number of morpholine rings is 1. The van der Waals surface area contributed by atoms with Gasteiger partial charge in [-0.2, -0.15) is 0 Å². The van der Waals surface area contributed by atoms with E-state index in [4.69, 9.17) is 9.47 Å². The Kier molecular flexibility index (Phi) is 6.49. The normalized spacial score (nSPS) is 19.9. The molecule has 0 unspecified atom stereocenters. The summed E-state index contributed by atoms with van der Waals surface area (Å²) in [5, 5.41) is 3.49. The van der Waals surface area contributed by atoms with Crippen molar-refractivity contribution in [3.63, 3.8) is 0 Å². The Hall–Kier alpha value is -1.10. The summed E-state index contributed by atoms with van der Waals surface area (Å²) in [6.07, 6.45) is 0.302. The van der Waals surface area contributed by atoms with Crippen molar-refractivity contribution in [3.8, 4) is 5.75 Å². The van der Waals surface area contributed by atoms with Crippen LogP contribution in [0.15, 0.2) is 24.3 Å². The molecule has 4 nitrogen and oxygen atoms in total. The number of nitrogens with zero attached hydrogens (tertiary/aromatic N) is 1. The Morgan fingerprint density at radius 1 is 1.33 bits per heavy atom. The van der Waals surface area contributed by atoms with Gasteiger partial charge in [-0.15, -0.1) is 0 Å². The highest BCUT2D eigenvalue weighted by molar-refractivity contribution is 5.26. The molecule has 4 heteroatoms. The van der Waals surface area contributed by atoms with Gasteiger partial charge >= 0.3 is 0 Å². The van der Waals surface area contributed by atoms with Crippen molar-refractivity contribution in [1.82, 2.24) is 10.2 Å². The third-order valence-electron chi connectivity index (χ3n) is 3.71. The first kappa shape index (κ1) is 16.3. The van der Waals surface area contributed by atoms with Crippen LogP contribution in [-0.4, -0.2) is 50.9 Å². The number of hydrogen-bond donors (Lipinski definition) is 1. The van der Waals surface area contributed by atoms with E-state index in [2.05, 4.69) is 36.2 Å². The largest absolute Gasteiger partial charge is 0.497 e. The maximum absolute atomic E-state index is 5.84. The first-order valence-electron chi connectivity index (χ1n) is 7.85. The number of methoxy groups -OCH3 is 1. The van der Waals surface area contributed by atoms with E-state index in [1.807, 2.05) is 12.1 Å². The second-order valence-corrected chi connectivity index (χ2v) is 6.13. The average Bonchev–Trinajstić information content (AvgIpc) is 2.48. The molecule has 0 radical (unpaired) electrons. The van der Waals surface area contributed by atoms with E-state index in [0.717, 1.165) is 44.5 Å². The van der Waals surface area contributed by atoms with Gasteiger partial charge in [0.2, 0.25) is 0 Å². The van der Waals surface area contributed by atoms with Gasteiger partial charge in [0.05, 0.1) is 19.8 Å². The molecule has 1 aliphatic rings. The van der Waals surface area contributed by atoms with Gasteiger partial charge in [-0.05, 0) is 23.6 Å². The smallest absolute Gasteiger partial charge is 0.118 e. The molecule has 1 saturated heterocycles. The first-order chi connectivity index (χ1) is 10.2. The molecule has 1 aromatic rings. The fraction of sp³-hybridized carbons (Fsp3) is 0.647. The Bertz CT molecular complexity index is 406. The Labute approximate surface area is 128 Å². The molecule has 0 amide bonds. The van der Waals surface area contributed by atoms with Crippen molar-refractivity contribution in [2.24, 2.45) is 5.92 Å². The molecule has 0 saturated carbocycles. The molecule has 0 bridgehead atoms. The van der Waals surface area contributed by atoms with Gasteiger partial charge in [0.1, 0.15) is 5.75 Å². The van der Waals surface area contributed by atoms with Crippen molar-refractivity contribution in [3.05, 3.63) is 29.8 Å². The van der Waals surface area contributed by atoms with Gasteiger partial charge in [-0.3, -0.25) is 4.90 Å². The van der Waals surface area contributed by atoms with Crippen LogP contribution < -0.4 is 10.1 Å². The fourth-order valence-corrected chi connectivity index (χ4v) is 2.71. The van der Waals surface area contributed by atoms with Crippen LogP contribution >= 0.6 is 0 Å². The highest BCUT2D eigenvalue weighted by atomic mass is 16.5. The van der Waals surface area contributed by atoms with Gasteiger partial charge in [0.15, 0.2) is 0 Å². The van der Waals surface area contributed by atoms with E-state index in [1.54, 1.807) is 7.11 Å². The molecule has 0 spiro atoms. The van der Waals surface area contributed by atoms with Crippen LogP contribution in [0.1, 0.15) is 19.4 Å². The average molecular weight is 292 g/mol. The first-order valence-corrected chi connectivity index (χ1v) is 7.85. The minimum Gasteiger partial charge on any atom is -0.497 e. The van der Waals surface area contributed by atoms with Crippen molar-refractivity contribution < 1.29 is 9.47 Å². The topological polar surface area (TPSA) is 33.7 Å². The Morgan fingerprint density at radius 3 is 2.76 bits per heavy atom. The summed E-state index contributed by atoms with van der Waals surface area (Å²) >= 11 is 0. The van der Waals surface area contributed by atoms with Crippen LogP contribution in [0.5, 0.6) is 5.75 Å². The minimum absolute atomic E-state index is 0.302.